The third-order valence-electron chi connectivity index (χ3n) is 5.20. The lowest BCUT2D eigenvalue weighted by Gasteiger charge is -2.33. The first-order valence-electron chi connectivity index (χ1n) is 8.42. The molecule has 0 spiro atoms. The number of amides is 1. The lowest BCUT2D eigenvalue weighted by molar-refractivity contribution is -0.126. The summed E-state index contributed by atoms with van der Waals surface area (Å²) in [4.78, 5) is 12.5. The minimum Gasteiger partial charge on any atom is -0.341 e. The van der Waals surface area contributed by atoms with Crippen molar-refractivity contribution in [1.29, 1.82) is 5.26 Å². The van der Waals surface area contributed by atoms with E-state index in [2.05, 4.69) is 35.0 Å². The van der Waals surface area contributed by atoms with Crippen LogP contribution in [-0.4, -0.2) is 10.5 Å². The molecule has 1 aliphatic rings. The quantitative estimate of drug-likeness (QED) is 0.776. The molecular formula is C20H19N3O. The molecular weight excluding hydrogens is 298 g/mol. The fourth-order valence-corrected chi connectivity index (χ4v) is 3.64. The third-order valence-corrected chi connectivity index (χ3v) is 5.20. The number of aromatic nitrogens is 1. The van der Waals surface area contributed by atoms with Gasteiger partial charge in [-0.15, -0.1) is 0 Å². The number of aryl methyl sites for hydroxylation is 1. The van der Waals surface area contributed by atoms with Gasteiger partial charge in [-0.3, -0.25) is 4.79 Å². The van der Waals surface area contributed by atoms with Crippen LogP contribution >= 0.6 is 0 Å². The number of carbonyl (C=O) groups excluding carboxylic acids is 1. The van der Waals surface area contributed by atoms with Crippen LogP contribution < -0.4 is 5.32 Å². The first-order chi connectivity index (χ1) is 11.7. The van der Waals surface area contributed by atoms with E-state index in [9.17, 15) is 10.1 Å². The Labute approximate surface area is 140 Å². The SMILES string of the molecule is CCn1c2ccccc2c2cc(NC(=O)C3(C#N)CCC3)ccc21. The van der Waals surface area contributed by atoms with Crippen molar-refractivity contribution >= 4 is 33.4 Å². The van der Waals surface area contributed by atoms with Crippen molar-refractivity contribution in [3.8, 4) is 6.07 Å². The number of anilines is 1. The topological polar surface area (TPSA) is 57.8 Å². The predicted molar refractivity (Wildman–Crippen MR) is 95.6 cm³/mol. The number of rotatable bonds is 3. The highest BCUT2D eigenvalue weighted by molar-refractivity contribution is 6.10. The maximum atomic E-state index is 12.5. The summed E-state index contributed by atoms with van der Waals surface area (Å²) in [6.45, 7) is 3.03. The number of fused-ring (bicyclic) bond motifs is 3. The van der Waals surface area contributed by atoms with Crippen LogP contribution in [0, 0.1) is 16.7 Å². The average Bonchev–Trinajstić information content (AvgIpc) is 2.87. The van der Waals surface area contributed by atoms with Crippen molar-refractivity contribution in [1.82, 2.24) is 4.57 Å². The minimum absolute atomic E-state index is 0.171. The summed E-state index contributed by atoms with van der Waals surface area (Å²) >= 11 is 0. The van der Waals surface area contributed by atoms with Gasteiger partial charge in [0, 0.05) is 34.0 Å². The van der Waals surface area contributed by atoms with E-state index in [4.69, 9.17) is 0 Å². The highest BCUT2D eigenvalue weighted by Gasteiger charge is 2.44. The van der Waals surface area contributed by atoms with Gasteiger partial charge in [-0.2, -0.15) is 5.26 Å². The van der Waals surface area contributed by atoms with Gasteiger partial charge in [-0.25, -0.2) is 0 Å². The van der Waals surface area contributed by atoms with Gasteiger partial charge in [0.05, 0.1) is 6.07 Å². The molecule has 4 rings (SSSR count). The van der Waals surface area contributed by atoms with Crippen LogP contribution in [0.25, 0.3) is 21.8 Å². The van der Waals surface area contributed by atoms with E-state index in [1.807, 2.05) is 30.3 Å². The number of nitrogens with one attached hydrogen (secondary N) is 1. The molecule has 1 fully saturated rings. The number of carbonyl (C=O) groups is 1. The lowest BCUT2D eigenvalue weighted by Crippen LogP contribution is -2.40. The molecule has 1 saturated carbocycles. The molecule has 1 aromatic heterocycles. The smallest absolute Gasteiger partial charge is 0.244 e. The zero-order chi connectivity index (χ0) is 16.7. The second kappa shape index (κ2) is 5.38. The molecule has 0 radical (unpaired) electrons. The molecule has 0 unspecified atom stereocenters. The van der Waals surface area contributed by atoms with E-state index in [0.29, 0.717) is 12.8 Å². The van der Waals surface area contributed by atoms with Crippen LogP contribution in [0.4, 0.5) is 5.69 Å². The summed E-state index contributed by atoms with van der Waals surface area (Å²) < 4.78 is 2.28. The van der Waals surface area contributed by atoms with E-state index < -0.39 is 5.41 Å². The normalized spacial score (nSPS) is 15.8. The van der Waals surface area contributed by atoms with Crippen LogP contribution in [0.5, 0.6) is 0 Å². The number of nitrogens with zero attached hydrogens (tertiary/aromatic N) is 2. The average molecular weight is 317 g/mol. The van der Waals surface area contributed by atoms with Crippen LogP contribution in [0.1, 0.15) is 26.2 Å². The molecule has 0 saturated heterocycles. The molecule has 0 aliphatic heterocycles. The molecule has 3 aromatic rings. The Kier molecular flexibility index (Phi) is 3.31. The Balaban J connectivity index is 1.78. The van der Waals surface area contributed by atoms with E-state index in [0.717, 1.165) is 29.6 Å². The Morgan fingerprint density at radius 3 is 2.62 bits per heavy atom. The standard InChI is InChI=1S/C20H19N3O/c1-2-23-17-7-4-3-6-15(17)16-12-14(8-9-18(16)23)22-19(24)20(13-21)10-5-11-20/h3-4,6-9,12H,2,5,10-11H2,1H3,(H,22,24). The van der Waals surface area contributed by atoms with Crippen molar-refractivity contribution in [2.75, 3.05) is 5.32 Å². The van der Waals surface area contributed by atoms with Gasteiger partial charge in [0.25, 0.3) is 0 Å². The second-order valence-corrected chi connectivity index (χ2v) is 6.49. The number of para-hydroxylation sites is 1. The molecule has 1 amide bonds. The van der Waals surface area contributed by atoms with Gasteiger partial charge in [0.15, 0.2) is 0 Å². The molecule has 4 nitrogen and oxygen atoms in total. The van der Waals surface area contributed by atoms with Gasteiger partial charge in [-0.1, -0.05) is 18.2 Å². The molecule has 1 aliphatic carbocycles. The van der Waals surface area contributed by atoms with Gasteiger partial charge >= 0.3 is 0 Å². The first kappa shape index (κ1) is 14.8. The largest absolute Gasteiger partial charge is 0.341 e. The summed E-state index contributed by atoms with van der Waals surface area (Å²) in [7, 11) is 0. The molecule has 1 N–H and O–H groups in total. The minimum atomic E-state index is -0.827. The van der Waals surface area contributed by atoms with Crippen molar-refractivity contribution in [2.45, 2.75) is 32.7 Å². The molecule has 0 bridgehead atoms. The van der Waals surface area contributed by atoms with Crippen LogP contribution in [0.15, 0.2) is 42.5 Å². The zero-order valence-electron chi connectivity index (χ0n) is 13.7. The highest BCUT2D eigenvalue weighted by Crippen LogP contribution is 2.41. The van der Waals surface area contributed by atoms with Crippen molar-refractivity contribution in [3.63, 3.8) is 0 Å². The van der Waals surface area contributed by atoms with Crippen molar-refractivity contribution < 1.29 is 4.79 Å². The first-order valence-corrected chi connectivity index (χ1v) is 8.42. The molecule has 2 aromatic carbocycles. The van der Waals surface area contributed by atoms with Crippen LogP contribution in [0.2, 0.25) is 0 Å². The molecule has 0 atom stereocenters. The summed E-state index contributed by atoms with van der Waals surface area (Å²) in [6, 6.07) is 16.5. The molecule has 120 valence electrons. The van der Waals surface area contributed by atoms with E-state index in [1.54, 1.807) is 0 Å². The molecule has 1 heterocycles. The summed E-state index contributed by atoms with van der Waals surface area (Å²) in [6.07, 6.45) is 2.27. The molecule has 4 heteroatoms. The number of hydrogen-bond donors (Lipinski definition) is 1. The van der Waals surface area contributed by atoms with Crippen LogP contribution in [0.3, 0.4) is 0 Å². The van der Waals surface area contributed by atoms with E-state index >= 15 is 0 Å². The van der Waals surface area contributed by atoms with Crippen molar-refractivity contribution in [3.05, 3.63) is 42.5 Å². The maximum absolute atomic E-state index is 12.5. The monoisotopic (exact) mass is 317 g/mol. The summed E-state index contributed by atoms with van der Waals surface area (Å²) in [5.74, 6) is -0.171. The Morgan fingerprint density at radius 2 is 1.96 bits per heavy atom. The Bertz CT molecular complexity index is 989. The third kappa shape index (κ3) is 2.01. The zero-order valence-corrected chi connectivity index (χ0v) is 13.7. The fourth-order valence-electron chi connectivity index (χ4n) is 3.64. The van der Waals surface area contributed by atoms with Gasteiger partial charge in [0.1, 0.15) is 5.41 Å². The van der Waals surface area contributed by atoms with E-state index in [1.165, 1.54) is 10.9 Å². The number of benzene rings is 2. The number of nitriles is 1. The molecule has 24 heavy (non-hydrogen) atoms. The highest BCUT2D eigenvalue weighted by atomic mass is 16.2. The fraction of sp³-hybridized carbons (Fsp3) is 0.300. The lowest BCUT2D eigenvalue weighted by atomic mass is 9.69. The van der Waals surface area contributed by atoms with Gasteiger partial charge < -0.3 is 9.88 Å². The predicted octanol–water partition coefficient (Wildman–Crippen LogP) is 4.45. The summed E-state index contributed by atoms with van der Waals surface area (Å²) in [5, 5.41) is 14.6. The van der Waals surface area contributed by atoms with Gasteiger partial charge in [-0.05, 0) is 50.5 Å². The Hall–Kier alpha value is -2.80. The maximum Gasteiger partial charge on any atom is 0.244 e. The van der Waals surface area contributed by atoms with Crippen LogP contribution in [-0.2, 0) is 11.3 Å². The Morgan fingerprint density at radius 1 is 1.21 bits per heavy atom. The van der Waals surface area contributed by atoms with Crippen molar-refractivity contribution in [2.24, 2.45) is 5.41 Å². The van der Waals surface area contributed by atoms with Gasteiger partial charge in [0.2, 0.25) is 5.91 Å². The summed E-state index contributed by atoms with van der Waals surface area (Å²) in [5.41, 5.74) is 2.29. The second-order valence-electron chi connectivity index (χ2n) is 6.49. The number of hydrogen-bond acceptors (Lipinski definition) is 2. The van der Waals surface area contributed by atoms with E-state index in [-0.39, 0.29) is 5.91 Å².